The van der Waals surface area contributed by atoms with E-state index in [1.54, 1.807) is 4.68 Å². The van der Waals surface area contributed by atoms with Crippen molar-refractivity contribution in [1.82, 2.24) is 14.7 Å². The number of hydrogen-bond donors (Lipinski definition) is 0. The number of halogens is 1. The van der Waals surface area contributed by atoms with Crippen molar-refractivity contribution >= 4 is 17.4 Å². The number of Topliss-reactive ketones (excluding diaryl/α,β-unsaturated/α-hetero) is 1. The largest absolute Gasteiger partial charge is 0.297 e. The van der Waals surface area contributed by atoms with Crippen molar-refractivity contribution in [1.29, 1.82) is 0 Å². The molecule has 1 aliphatic carbocycles. The molecule has 0 aromatic carbocycles. The topological polar surface area (TPSA) is 38.1 Å². The number of nitrogens with zero attached hydrogens (tertiary/aromatic N) is 3. The number of likely N-dealkylation sites (N-methyl/N-ethyl adjacent to an activating group) is 1. The maximum atomic E-state index is 13.1. The predicted octanol–water partition coefficient (Wildman–Crippen LogP) is 3.15. The van der Waals surface area contributed by atoms with Crippen LogP contribution in [0.3, 0.4) is 0 Å². The summed E-state index contributed by atoms with van der Waals surface area (Å²) in [5, 5.41) is 4.95. The maximum Gasteiger partial charge on any atom is 0.159 e. The number of hydrogen-bond acceptors (Lipinski definition) is 3. The Bertz CT molecular complexity index is 514. The van der Waals surface area contributed by atoms with Gasteiger partial charge in [-0.25, -0.2) is 0 Å². The first-order valence-electron chi connectivity index (χ1n) is 7.92. The van der Waals surface area contributed by atoms with Gasteiger partial charge in [-0.1, -0.05) is 38.3 Å². The van der Waals surface area contributed by atoms with Crippen LogP contribution >= 0.6 is 11.6 Å². The van der Waals surface area contributed by atoms with Crippen molar-refractivity contribution in [3.05, 3.63) is 16.4 Å². The van der Waals surface area contributed by atoms with Crippen molar-refractivity contribution in [3.63, 3.8) is 0 Å². The summed E-state index contributed by atoms with van der Waals surface area (Å²) in [6, 6.07) is 0. The van der Waals surface area contributed by atoms with Crippen LogP contribution in [0.5, 0.6) is 0 Å². The average molecular weight is 312 g/mol. The molecule has 1 aromatic rings. The molecule has 1 saturated carbocycles. The van der Waals surface area contributed by atoms with E-state index in [1.165, 1.54) is 0 Å². The number of rotatable bonds is 6. The highest BCUT2D eigenvalue weighted by molar-refractivity contribution is 6.32. The molecule has 0 aliphatic heterocycles. The van der Waals surface area contributed by atoms with E-state index in [-0.39, 0.29) is 5.54 Å². The third-order valence-electron chi connectivity index (χ3n) is 4.91. The van der Waals surface area contributed by atoms with Crippen LogP contribution in [0.25, 0.3) is 0 Å². The molecule has 1 heterocycles. The van der Waals surface area contributed by atoms with Crippen LogP contribution in [-0.4, -0.2) is 39.1 Å². The first-order chi connectivity index (χ1) is 9.96. The second-order valence-corrected chi connectivity index (χ2v) is 6.36. The van der Waals surface area contributed by atoms with Gasteiger partial charge in [0.05, 0.1) is 28.4 Å². The molecule has 0 N–H and O–H groups in total. The first kappa shape index (κ1) is 16.5. The van der Waals surface area contributed by atoms with Gasteiger partial charge in [0, 0.05) is 7.05 Å². The van der Waals surface area contributed by atoms with Crippen LogP contribution in [0.15, 0.2) is 0 Å². The molecule has 1 aromatic heterocycles. The molecule has 0 radical (unpaired) electrons. The Kier molecular flexibility index (Phi) is 5.10. The Hall–Kier alpha value is -0.870. The van der Waals surface area contributed by atoms with E-state index in [0.717, 1.165) is 50.2 Å². The lowest BCUT2D eigenvalue weighted by molar-refractivity contribution is -0.130. The fraction of sp³-hybridized carbons (Fsp3) is 0.750. The molecule has 5 heteroatoms. The Balaban J connectivity index is 2.28. The molecule has 1 fully saturated rings. The molecule has 0 saturated heterocycles. The Labute approximate surface area is 132 Å². The minimum absolute atomic E-state index is 0.287. The minimum atomic E-state index is -0.287. The Morgan fingerprint density at radius 3 is 2.33 bits per heavy atom. The summed E-state index contributed by atoms with van der Waals surface area (Å²) in [5.74, 6) is 0.300. The zero-order chi connectivity index (χ0) is 15.6. The second-order valence-electron chi connectivity index (χ2n) is 5.98. The van der Waals surface area contributed by atoms with Gasteiger partial charge >= 0.3 is 0 Å². The zero-order valence-corrected chi connectivity index (χ0v) is 14.3. The predicted molar refractivity (Wildman–Crippen MR) is 85.8 cm³/mol. The SMILES string of the molecule is CCN(CC)C1(C(=O)Cc2c(Cl)c(C)nn2C)CCCC1. The molecule has 21 heavy (non-hydrogen) atoms. The molecule has 0 atom stereocenters. The molecule has 0 bridgehead atoms. The fourth-order valence-corrected chi connectivity index (χ4v) is 3.98. The smallest absolute Gasteiger partial charge is 0.159 e. The van der Waals surface area contributed by atoms with E-state index >= 15 is 0 Å². The van der Waals surface area contributed by atoms with Crippen LogP contribution in [-0.2, 0) is 18.3 Å². The van der Waals surface area contributed by atoms with E-state index < -0.39 is 0 Å². The van der Waals surface area contributed by atoms with Crippen molar-refractivity contribution in [3.8, 4) is 0 Å². The average Bonchev–Trinajstić information content (AvgIpc) is 3.03. The van der Waals surface area contributed by atoms with Crippen LogP contribution in [0.4, 0.5) is 0 Å². The third kappa shape index (κ3) is 2.88. The molecular weight excluding hydrogens is 286 g/mol. The van der Waals surface area contributed by atoms with E-state index in [1.807, 2.05) is 14.0 Å². The van der Waals surface area contributed by atoms with Gasteiger partial charge in [-0.15, -0.1) is 0 Å². The minimum Gasteiger partial charge on any atom is -0.297 e. The lowest BCUT2D eigenvalue weighted by Gasteiger charge is -2.39. The summed E-state index contributed by atoms with van der Waals surface area (Å²) < 4.78 is 1.75. The Morgan fingerprint density at radius 2 is 1.90 bits per heavy atom. The summed E-state index contributed by atoms with van der Waals surface area (Å²) in [6.07, 6.45) is 4.61. The van der Waals surface area contributed by atoms with Crippen LogP contribution in [0, 0.1) is 6.92 Å². The standard InChI is InChI=1S/C16H26ClN3O/c1-5-20(6-2)16(9-7-8-10-16)14(21)11-13-15(17)12(3)18-19(13)4/h5-11H2,1-4H3. The van der Waals surface area contributed by atoms with Crippen LogP contribution in [0.2, 0.25) is 5.02 Å². The fourth-order valence-electron chi connectivity index (χ4n) is 3.75. The van der Waals surface area contributed by atoms with Crippen molar-refractivity contribution in [2.45, 2.75) is 58.4 Å². The van der Waals surface area contributed by atoms with E-state index in [4.69, 9.17) is 11.6 Å². The van der Waals surface area contributed by atoms with Gasteiger partial charge in [-0.05, 0) is 32.9 Å². The van der Waals surface area contributed by atoms with Gasteiger partial charge in [-0.3, -0.25) is 14.4 Å². The molecule has 1 aliphatic rings. The highest BCUT2D eigenvalue weighted by atomic mass is 35.5. The van der Waals surface area contributed by atoms with Gasteiger partial charge in [0.2, 0.25) is 0 Å². The molecular formula is C16H26ClN3O. The third-order valence-corrected chi connectivity index (χ3v) is 5.40. The highest BCUT2D eigenvalue weighted by Gasteiger charge is 2.44. The van der Waals surface area contributed by atoms with Crippen LogP contribution < -0.4 is 0 Å². The van der Waals surface area contributed by atoms with E-state index in [9.17, 15) is 4.79 Å². The lowest BCUT2D eigenvalue weighted by atomic mass is 9.87. The molecule has 0 amide bonds. The number of aryl methyl sites for hydroxylation is 2. The van der Waals surface area contributed by atoms with Crippen LogP contribution in [0.1, 0.15) is 50.9 Å². The number of carbonyl (C=O) groups is 1. The Morgan fingerprint density at radius 1 is 1.33 bits per heavy atom. The summed E-state index contributed by atoms with van der Waals surface area (Å²) >= 11 is 6.31. The summed E-state index contributed by atoms with van der Waals surface area (Å²) in [6.45, 7) is 7.99. The van der Waals surface area contributed by atoms with E-state index in [2.05, 4.69) is 23.8 Å². The van der Waals surface area contributed by atoms with Gasteiger partial charge in [-0.2, -0.15) is 5.10 Å². The van der Waals surface area contributed by atoms with Crippen molar-refractivity contribution in [2.75, 3.05) is 13.1 Å². The zero-order valence-electron chi connectivity index (χ0n) is 13.6. The molecule has 4 nitrogen and oxygen atoms in total. The van der Waals surface area contributed by atoms with Gasteiger partial charge in [0.25, 0.3) is 0 Å². The van der Waals surface area contributed by atoms with E-state index in [0.29, 0.717) is 17.2 Å². The van der Waals surface area contributed by atoms with Gasteiger partial charge in [0.1, 0.15) is 0 Å². The number of ketones is 1. The molecule has 118 valence electrons. The molecule has 2 rings (SSSR count). The highest BCUT2D eigenvalue weighted by Crippen LogP contribution is 2.37. The van der Waals surface area contributed by atoms with Gasteiger partial charge in [0.15, 0.2) is 5.78 Å². The number of aromatic nitrogens is 2. The van der Waals surface area contributed by atoms with Crippen molar-refractivity contribution < 1.29 is 4.79 Å². The normalized spacial score (nSPS) is 17.6. The maximum absolute atomic E-state index is 13.1. The monoisotopic (exact) mass is 311 g/mol. The summed E-state index contributed by atoms with van der Waals surface area (Å²) in [7, 11) is 1.86. The molecule has 0 unspecified atom stereocenters. The lowest BCUT2D eigenvalue weighted by Crippen LogP contribution is -2.53. The first-order valence-corrected chi connectivity index (χ1v) is 8.30. The number of carbonyl (C=O) groups excluding carboxylic acids is 1. The summed E-state index contributed by atoms with van der Waals surface area (Å²) in [5.41, 5.74) is 1.35. The van der Waals surface area contributed by atoms with Gasteiger partial charge < -0.3 is 0 Å². The quantitative estimate of drug-likeness (QED) is 0.810. The summed E-state index contributed by atoms with van der Waals surface area (Å²) in [4.78, 5) is 15.4. The van der Waals surface area contributed by atoms with Crippen molar-refractivity contribution in [2.24, 2.45) is 7.05 Å². The second kappa shape index (κ2) is 6.49. The molecule has 0 spiro atoms.